The van der Waals surface area contributed by atoms with Gasteiger partial charge in [-0.05, 0) is 17.2 Å². The maximum Gasteiger partial charge on any atom is 0.0769 e. The Labute approximate surface area is 119 Å². The minimum atomic E-state index is 0.169. The number of anilines is 2. The van der Waals surface area contributed by atoms with E-state index in [0.29, 0.717) is 13.2 Å². The SMILES string of the molecule is CN(C)c1ccncc1NC1COCc2ccccc21. The summed E-state index contributed by atoms with van der Waals surface area (Å²) < 4.78 is 5.68. The molecule has 0 radical (unpaired) electrons. The van der Waals surface area contributed by atoms with Gasteiger partial charge < -0.3 is 15.0 Å². The summed E-state index contributed by atoms with van der Waals surface area (Å²) >= 11 is 0. The van der Waals surface area contributed by atoms with E-state index < -0.39 is 0 Å². The van der Waals surface area contributed by atoms with E-state index in [9.17, 15) is 0 Å². The Morgan fingerprint density at radius 3 is 2.95 bits per heavy atom. The number of rotatable bonds is 3. The van der Waals surface area contributed by atoms with Gasteiger partial charge in [-0.25, -0.2) is 0 Å². The number of pyridine rings is 1. The Morgan fingerprint density at radius 2 is 2.10 bits per heavy atom. The molecule has 0 fully saturated rings. The fraction of sp³-hybridized carbons (Fsp3) is 0.312. The first kappa shape index (κ1) is 12.9. The third-order valence-corrected chi connectivity index (χ3v) is 3.58. The van der Waals surface area contributed by atoms with Crippen molar-refractivity contribution in [3.63, 3.8) is 0 Å². The minimum Gasteiger partial charge on any atom is -0.376 e. The van der Waals surface area contributed by atoms with Crippen molar-refractivity contribution in [3.05, 3.63) is 53.9 Å². The van der Waals surface area contributed by atoms with Crippen LogP contribution in [-0.2, 0) is 11.3 Å². The van der Waals surface area contributed by atoms with E-state index in [-0.39, 0.29) is 6.04 Å². The van der Waals surface area contributed by atoms with Crippen molar-refractivity contribution in [3.8, 4) is 0 Å². The lowest BCUT2D eigenvalue weighted by Crippen LogP contribution is -2.24. The number of benzene rings is 1. The monoisotopic (exact) mass is 269 g/mol. The highest BCUT2D eigenvalue weighted by molar-refractivity contribution is 5.68. The molecule has 4 heteroatoms. The number of hydrogen-bond donors (Lipinski definition) is 1. The van der Waals surface area contributed by atoms with Gasteiger partial charge in [-0.15, -0.1) is 0 Å². The second-order valence-electron chi connectivity index (χ2n) is 5.20. The lowest BCUT2D eigenvalue weighted by atomic mass is 9.99. The van der Waals surface area contributed by atoms with Crippen molar-refractivity contribution >= 4 is 11.4 Å². The molecular weight excluding hydrogens is 250 g/mol. The third kappa shape index (κ3) is 2.47. The smallest absolute Gasteiger partial charge is 0.0769 e. The van der Waals surface area contributed by atoms with E-state index in [2.05, 4.69) is 39.5 Å². The lowest BCUT2D eigenvalue weighted by Gasteiger charge is -2.28. The first-order chi connectivity index (χ1) is 9.75. The minimum absolute atomic E-state index is 0.169. The molecule has 1 aromatic heterocycles. The molecule has 1 aliphatic rings. The summed E-state index contributed by atoms with van der Waals surface area (Å²) in [6, 6.07) is 10.6. The Balaban J connectivity index is 1.90. The summed E-state index contributed by atoms with van der Waals surface area (Å²) in [6.07, 6.45) is 3.68. The van der Waals surface area contributed by atoms with E-state index in [1.807, 2.05) is 32.6 Å². The first-order valence-electron chi connectivity index (χ1n) is 6.79. The van der Waals surface area contributed by atoms with Crippen LogP contribution in [0, 0.1) is 0 Å². The molecule has 2 aromatic rings. The summed E-state index contributed by atoms with van der Waals surface area (Å²) in [6.45, 7) is 1.38. The topological polar surface area (TPSA) is 37.4 Å². The Morgan fingerprint density at radius 1 is 1.25 bits per heavy atom. The second-order valence-corrected chi connectivity index (χ2v) is 5.20. The summed E-state index contributed by atoms with van der Waals surface area (Å²) in [7, 11) is 4.07. The van der Waals surface area contributed by atoms with Crippen LogP contribution in [0.4, 0.5) is 11.4 Å². The zero-order chi connectivity index (χ0) is 13.9. The van der Waals surface area contributed by atoms with Crippen molar-refractivity contribution in [2.75, 3.05) is 30.9 Å². The molecule has 0 saturated heterocycles. The van der Waals surface area contributed by atoms with Gasteiger partial charge in [0.15, 0.2) is 0 Å². The van der Waals surface area contributed by atoms with E-state index in [4.69, 9.17) is 4.74 Å². The van der Waals surface area contributed by atoms with Crippen LogP contribution in [0.25, 0.3) is 0 Å². The quantitative estimate of drug-likeness (QED) is 0.929. The largest absolute Gasteiger partial charge is 0.376 e. The van der Waals surface area contributed by atoms with E-state index in [1.165, 1.54) is 11.1 Å². The number of fused-ring (bicyclic) bond motifs is 1. The van der Waals surface area contributed by atoms with Crippen LogP contribution >= 0.6 is 0 Å². The van der Waals surface area contributed by atoms with Gasteiger partial charge in [0.05, 0.1) is 36.8 Å². The first-order valence-corrected chi connectivity index (χ1v) is 6.79. The number of aromatic nitrogens is 1. The van der Waals surface area contributed by atoms with Crippen LogP contribution in [0.5, 0.6) is 0 Å². The van der Waals surface area contributed by atoms with Crippen molar-refractivity contribution in [2.24, 2.45) is 0 Å². The van der Waals surface area contributed by atoms with Crippen molar-refractivity contribution in [1.82, 2.24) is 4.98 Å². The molecule has 104 valence electrons. The standard InChI is InChI=1S/C16H19N3O/c1-19(2)16-7-8-17-9-14(16)18-15-11-20-10-12-5-3-4-6-13(12)15/h3-9,15,18H,10-11H2,1-2H3. The molecule has 1 aliphatic heterocycles. The molecule has 0 aliphatic carbocycles. The number of nitrogens with one attached hydrogen (secondary N) is 1. The zero-order valence-corrected chi connectivity index (χ0v) is 11.8. The highest BCUT2D eigenvalue weighted by Crippen LogP contribution is 2.31. The Kier molecular flexibility index (Phi) is 3.56. The highest BCUT2D eigenvalue weighted by Gasteiger charge is 2.21. The van der Waals surface area contributed by atoms with E-state index in [1.54, 1.807) is 0 Å². The maximum absolute atomic E-state index is 5.68. The van der Waals surface area contributed by atoms with Crippen LogP contribution in [0.1, 0.15) is 17.2 Å². The number of hydrogen-bond acceptors (Lipinski definition) is 4. The molecule has 1 unspecified atom stereocenters. The molecular formula is C16H19N3O. The third-order valence-electron chi connectivity index (χ3n) is 3.58. The lowest BCUT2D eigenvalue weighted by molar-refractivity contribution is 0.0970. The molecule has 0 spiro atoms. The van der Waals surface area contributed by atoms with Gasteiger partial charge in [-0.3, -0.25) is 4.98 Å². The summed E-state index contributed by atoms with van der Waals surface area (Å²) in [5.74, 6) is 0. The van der Waals surface area contributed by atoms with Crippen LogP contribution in [0.15, 0.2) is 42.7 Å². The number of nitrogens with zero attached hydrogens (tertiary/aromatic N) is 2. The van der Waals surface area contributed by atoms with Gasteiger partial charge in [0, 0.05) is 20.3 Å². The predicted molar refractivity (Wildman–Crippen MR) is 81.0 cm³/mol. The molecule has 0 amide bonds. The fourth-order valence-corrected chi connectivity index (χ4v) is 2.58. The highest BCUT2D eigenvalue weighted by atomic mass is 16.5. The average Bonchev–Trinajstić information content (AvgIpc) is 2.48. The summed E-state index contributed by atoms with van der Waals surface area (Å²) in [5.41, 5.74) is 4.73. The molecule has 1 aromatic carbocycles. The molecule has 3 rings (SSSR count). The van der Waals surface area contributed by atoms with Crippen molar-refractivity contribution < 1.29 is 4.74 Å². The second kappa shape index (κ2) is 5.51. The Bertz CT molecular complexity index is 598. The van der Waals surface area contributed by atoms with Gasteiger partial charge in [0.25, 0.3) is 0 Å². The van der Waals surface area contributed by atoms with Gasteiger partial charge in [-0.1, -0.05) is 24.3 Å². The summed E-state index contributed by atoms with van der Waals surface area (Å²) in [4.78, 5) is 6.30. The van der Waals surface area contributed by atoms with Gasteiger partial charge in [0.1, 0.15) is 0 Å². The summed E-state index contributed by atoms with van der Waals surface area (Å²) in [5, 5.41) is 3.56. The zero-order valence-electron chi connectivity index (χ0n) is 11.8. The number of ether oxygens (including phenoxy) is 1. The van der Waals surface area contributed by atoms with Crippen LogP contribution in [0.3, 0.4) is 0 Å². The van der Waals surface area contributed by atoms with Crippen molar-refractivity contribution in [1.29, 1.82) is 0 Å². The van der Waals surface area contributed by atoms with Crippen LogP contribution in [-0.4, -0.2) is 25.7 Å². The average molecular weight is 269 g/mol. The predicted octanol–water partition coefficient (Wildman–Crippen LogP) is 2.83. The van der Waals surface area contributed by atoms with E-state index >= 15 is 0 Å². The molecule has 20 heavy (non-hydrogen) atoms. The normalized spacial score (nSPS) is 17.4. The molecule has 4 nitrogen and oxygen atoms in total. The maximum atomic E-state index is 5.68. The van der Waals surface area contributed by atoms with Gasteiger partial charge in [-0.2, -0.15) is 0 Å². The van der Waals surface area contributed by atoms with Gasteiger partial charge in [0.2, 0.25) is 0 Å². The Hall–Kier alpha value is -2.07. The molecule has 2 heterocycles. The molecule has 1 N–H and O–H groups in total. The van der Waals surface area contributed by atoms with E-state index in [0.717, 1.165) is 11.4 Å². The molecule has 0 bridgehead atoms. The molecule has 1 atom stereocenters. The van der Waals surface area contributed by atoms with Gasteiger partial charge >= 0.3 is 0 Å². The molecule has 0 saturated carbocycles. The van der Waals surface area contributed by atoms with Crippen molar-refractivity contribution in [2.45, 2.75) is 12.6 Å². The van der Waals surface area contributed by atoms with Crippen LogP contribution in [0.2, 0.25) is 0 Å². The fourth-order valence-electron chi connectivity index (χ4n) is 2.58. The van der Waals surface area contributed by atoms with Crippen LogP contribution < -0.4 is 10.2 Å².